The van der Waals surface area contributed by atoms with Gasteiger partial charge in [-0.05, 0) is 43.7 Å². The minimum Gasteiger partial charge on any atom is -0.353 e. The second-order valence-electron chi connectivity index (χ2n) is 6.39. The quantitative estimate of drug-likeness (QED) is 0.848. The smallest absolute Gasteiger partial charge is 0.255 e. The average Bonchev–Trinajstić information content (AvgIpc) is 3.02. The van der Waals surface area contributed by atoms with Crippen LogP contribution in [0.4, 0.5) is 11.5 Å². The molecule has 27 heavy (non-hydrogen) atoms. The Morgan fingerprint density at radius 1 is 1.37 bits per heavy atom. The van der Waals surface area contributed by atoms with Gasteiger partial charge in [-0.1, -0.05) is 6.07 Å². The zero-order valence-electron chi connectivity index (χ0n) is 14.9. The standard InChI is InChI=1S/C19H20N4O3S/c1-2-23(17-7-9-27(25,26)13-17)18-11-15(6-8-21-18)19(24)22-16-5-3-4-14(10-16)12-20/h3-6,8,10-11,17H,2,7,9,13H2,1H3,(H,22,24). The fourth-order valence-corrected chi connectivity index (χ4v) is 4.95. The van der Waals surface area contributed by atoms with Crippen LogP contribution in [0.5, 0.6) is 0 Å². The van der Waals surface area contributed by atoms with Gasteiger partial charge in [-0.2, -0.15) is 5.26 Å². The Bertz CT molecular complexity index is 998. The predicted molar refractivity (Wildman–Crippen MR) is 103 cm³/mol. The van der Waals surface area contributed by atoms with Crippen molar-refractivity contribution in [3.63, 3.8) is 0 Å². The number of amides is 1. The first-order valence-corrected chi connectivity index (χ1v) is 10.5. The highest BCUT2D eigenvalue weighted by Crippen LogP contribution is 2.23. The van der Waals surface area contributed by atoms with E-state index in [9.17, 15) is 13.2 Å². The number of rotatable bonds is 5. The van der Waals surface area contributed by atoms with E-state index >= 15 is 0 Å². The van der Waals surface area contributed by atoms with Crippen LogP contribution in [-0.4, -0.2) is 43.4 Å². The van der Waals surface area contributed by atoms with Gasteiger partial charge >= 0.3 is 0 Å². The van der Waals surface area contributed by atoms with E-state index < -0.39 is 9.84 Å². The molecule has 0 radical (unpaired) electrons. The van der Waals surface area contributed by atoms with Crippen LogP contribution in [0.3, 0.4) is 0 Å². The maximum absolute atomic E-state index is 12.6. The summed E-state index contributed by atoms with van der Waals surface area (Å²) in [7, 11) is -3.01. The lowest BCUT2D eigenvalue weighted by Gasteiger charge is -2.28. The first-order chi connectivity index (χ1) is 12.9. The van der Waals surface area contributed by atoms with Crippen molar-refractivity contribution in [3.05, 3.63) is 53.7 Å². The number of anilines is 2. The zero-order chi connectivity index (χ0) is 19.4. The van der Waals surface area contributed by atoms with Crippen molar-refractivity contribution in [3.8, 4) is 6.07 Å². The lowest BCUT2D eigenvalue weighted by molar-refractivity contribution is 0.102. The third-order valence-corrected chi connectivity index (χ3v) is 6.29. The summed E-state index contributed by atoms with van der Waals surface area (Å²) in [6, 6.07) is 11.8. The molecule has 7 nitrogen and oxygen atoms in total. The fourth-order valence-electron chi connectivity index (χ4n) is 3.21. The highest BCUT2D eigenvalue weighted by Gasteiger charge is 2.32. The Hall–Kier alpha value is -2.92. The van der Waals surface area contributed by atoms with Crippen molar-refractivity contribution in [2.24, 2.45) is 0 Å². The van der Waals surface area contributed by atoms with Gasteiger partial charge < -0.3 is 10.2 Å². The van der Waals surface area contributed by atoms with Crippen LogP contribution >= 0.6 is 0 Å². The van der Waals surface area contributed by atoms with Crippen LogP contribution in [-0.2, 0) is 9.84 Å². The second kappa shape index (κ2) is 7.76. The molecule has 0 bridgehead atoms. The fraction of sp³-hybridized carbons (Fsp3) is 0.316. The maximum atomic E-state index is 12.6. The van der Waals surface area contributed by atoms with Crippen molar-refractivity contribution < 1.29 is 13.2 Å². The monoisotopic (exact) mass is 384 g/mol. The van der Waals surface area contributed by atoms with Crippen molar-refractivity contribution >= 4 is 27.2 Å². The summed E-state index contributed by atoms with van der Waals surface area (Å²) in [5.41, 5.74) is 1.41. The van der Waals surface area contributed by atoms with Crippen molar-refractivity contribution in [2.45, 2.75) is 19.4 Å². The molecule has 1 saturated heterocycles. The average molecular weight is 384 g/mol. The molecule has 1 aromatic carbocycles. The molecular weight excluding hydrogens is 364 g/mol. The molecule has 1 fully saturated rings. The van der Waals surface area contributed by atoms with Gasteiger partial charge in [0.25, 0.3) is 5.91 Å². The van der Waals surface area contributed by atoms with Crippen molar-refractivity contribution in [2.75, 3.05) is 28.3 Å². The van der Waals surface area contributed by atoms with E-state index in [1.54, 1.807) is 42.6 Å². The minimum absolute atomic E-state index is 0.111. The number of pyridine rings is 1. The number of hydrogen-bond acceptors (Lipinski definition) is 6. The summed E-state index contributed by atoms with van der Waals surface area (Å²) >= 11 is 0. The Labute approximate surface area is 158 Å². The van der Waals surface area contributed by atoms with E-state index in [0.717, 1.165) is 0 Å². The molecule has 1 amide bonds. The highest BCUT2D eigenvalue weighted by molar-refractivity contribution is 7.91. The molecule has 140 valence electrons. The van der Waals surface area contributed by atoms with Crippen LogP contribution in [0.25, 0.3) is 0 Å². The predicted octanol–water partition coefficient (Wildman–Crippen LogP) is 2.22. The van der Waals surface area contributed by atoms with Gasteiger partial charge in [-0.25, -0.2) is 13.4 Å². The Balaban J connectivity index is 1.80. The van der Waals surface area contributed by atoms with Gasteiger partial charge in [0.1, 0.15) is 5.82 Å². The van der Waals surface area contributed by atoms with E-state index in [2.05, 4.69) is 10.3 Å². The second-order valence-corrected chi connectivity index (χ2v) is 8.62. The van der Waals surface area contributed by atoms with Gasteiger partial charge in [0, 0.05) is 30.0 Å². The van der Waals surface area contributed by atoms with E-state index in [0.29, 0.717) is 35.6 Å². The number of hydrogen-bond donors (Lipinski definition) is 1. The van der Waals surface area contributed by atoms with Gasteiger partial charge in [0.05, 0.1) is 23.1 Å². The number of aromatic nitrogens is 1. The number of nitriles is 1. The number of sulfone groups is 1. The molecule has 0 aliphatic carbocycles. The largest absolute Gasteiger partial charge is 0.353 e. The molecule has 3 rings (SSSR count). The van der Waals surface area contributed by atoms with E-state index in [4.69, 9.17) is 5.26 Å². The number of nitrogens with one attached hydrogen (secondary N) is 1. The lowest BCUT2D eigenvalue weighted by Crippen LogP contribution is -2.36. The molecule has 8 heteroatoms. The summed E-state index contributed by atoms with van der Waals surface area (Å²) in [5.74, 6) is 0.561. The van der Waals surface area contributed by atoms with Gasteiger partial charge in [0.2, 0.25) is 0 Å². The molecule has 1 N–H and O–H groups in total. The minimum atomic E-state index is -3.01. The third-order valence-electron chi connectivity index (χ3n) is 4.54. The number of nitrogens with zero attached hydrogens (tertiary/aromatic N) is 3. The van der Waals surface area contributed by atoms with Crippen LogP contribution in [0.1, 0.15) is 29.3 Å². The molecule has 2 aromatic rings. The first kappa shape index (κ1) is 18.9. The topological polar surface area (TPSA) is 103 Å². The number of benzene rings is 1. The van der Waals surface area contributed by atoms with Gasteiger partial charge in [0.15, 0.2) is 9.84 Å². The first-order valence-electron chi connectivity index (χ1n) is 8.66. The normalized spacial score (nSPS) is 17.9. The number of carbonyl (C=O) groups excluding carboxylic acids is 1. The van der Waals surface area contributed by atoms with Crippen LogP contribution < -0.4 is 10.2 Å². The van der Waals surface area contributed by atoms with Crippen LogP contribution in [0, 0.1) is 11.3 Å². The molecule has 2 heterocycles. The molecule has 1 aromatic heterocycles. The molecule has 1 unspecified atom stereocenters. The van der Waals surface area contributed by atoms with Crippen molar-refractivity contribution in [1.29, 1.82) is 5.26 Å². The molecule has 0 saturated carbocycles. The van der Waals surface area contributed by atoms with Gasteiger partial charge in [-0.3, -0.25) is 4.79 Å². The summed E-state index contributed by atoms with van der Waals surface area (Å²) in [6.07, 6.45) is 2.11. The summed E-state index contributed by atoms with van der Waals surface area (Å²) in [4.78, 5) is 18.8. The highest BCUT2D eigenvalue weighted by atomic mass is 32.2. The van der Waals surface area contributed by atoms with Crippen LogP contribution in [0.2, 0.25) is 0 Å². The van der Waals surface area contributed by atoms with E-state index in [1.165, 1.54) is 0 Å². The summed E-state index contributed by atoms with van der Waals surface area (Å²) in [5, 5.41) is 11.7. The number of carbonyl (C=O) groups is 1. The molecule has 1 aliphatic heterocycles. The van der Waals surface area contributed by atoms with Crippen molar-refractivity contribution in [1.82, 2.24) is 4.98 Å². The summed E-state index contributed by atoms with van der Waals surface area (Å²) < 4.78 is 23.6. The lowest BCUT2D eigenvalue weighted by atomic mass is 10.1. The molecule has 1 atom stereocenters. The summed E-state index contributed by atoms with van der Waals surface area (Å²) in [6.45, 7) is 2.54. The SMILES string of the molecule is CCN(c1cc(C(=O)Nc2cccc(C#N)c2)ccn1)C1CCS(=O)(=O)C1. The van der Waals surface area contributed by atoms with E-state index in [-0.39, 0.29) is 23.5 Å². The zero-order valence-corrected chi connectivity index (χ0v) is 15.7. The van der Waals surface area contributed by atoms with E-state index in [1.807, 2.05) is 17.9 Å². The maximum Gasteiger partial charge on any atom is 0.255 e. The van der Waals surface area contributed by atoms with Gasteiger partial charge in [-0.15, -0.1) is 0 Å². The molecular formula is C19H20N4O3S. The Kier molecular flexibility index (Phi) is 5.42. The third kappa shape index (κ3) is 4.44. The Morgan fingerprint density at radius 2 is 2.19 bits per heavy atom. The Morgan fingerprint density at radius 3 is 2.85 bits per heavy atom. The molecule has 0 spiro atoms. The molecule has 1 aliphatic rings. The van der Waals surface area contributed by atoms with Crippen LogP contribution in [0.15, 0.2) is 42.6 Å².